The number of fused-ring (bicyclic) bond motifs is 1. The quantitative estimate of drug-likeness (QED) is 0.637. The fourth-order valence-corrected chi connectivity index (χ4v) is 5.39. The smallest absolute Gasteiger partial charge is 0.272 e. The highest BCUT2D eigenvalue weighted by Crippen LogP contribution is 2.46. The van der Waals surface area contributed by atoms with Crippen LogP contribution in [-0.4, -0.2) is 16.6 Å². The summed E-state index contributed by atoms with van der Waals surface area (Å²) in [5.41, 5.74) is 1.38. The molecule has 7 heteroatoms. The number of thiazole rings is 1. The number of rotatable bonds is 3. The second kappa shape index (κ2) is 7.17. The van der Waals surface area contributed by atoms with Gasteiger partial charge in [-0.1, -0.05) is 23.9 Å². The van der Waals surface area contributed by atoms with Crippen LogP contribution >= 0.6 is 23.1 Å². The first-order valence-electron chi connectivity index (χ1n) is 8.27. The highest BCUT2D eigenvalue weighted by Gasteiger charge is 2.27. The van der Waals surface area contributed by atoms with Gasteiger partial charge >= 0.3 is 0 Å². The fraction of sp³-hybridized carbons (Fsp3) is 0.100. The first-order valence-corrected chi connectivity index (χ1v) is 9.90. The molecule has 0 spiro atoms. The van der Waals surface area contributed by atoms with E-state index in [0.29, 0.717) is 16.8 Å². The number of anilines is 1. The zero-order valence-corrected chi connectivity index (χ0v) is 16.2. The van der Waals surface area contributed by atoms with Crippen LogP contribution in [-0.2, 0) is 6.54 Å². The van der Waals surface area contributed by atoms with E-state index in [-0.39, 0.29) is 11.4 Å². The maximum atomic E-state index is 14.2. The van der Waals surface area contributed by atoms with Crippen LogP contribution in [0.25, 0.3) is 11.1 Å². The Morgan fingerprint density at radius 1 is 1.26 bits per heavy atom. The standard InChI is InChI=1S/C20H16FN3OS2/c1-3-11-24-16(12-13-7-9-22-10-8-13)27-18(19(24)25)20-23(2)17-14(21)5-4-6-15(17)26-20/h3-10,12H,1,11H2,2H3. The molecule has 0 atom stereocenters. The first-order chi connectivity index (χ1) is 13.1. The number of para-hydroxylation sites is 1. The summed E-state index contributed by atoms with van der Waals surface area (Å²) in [5, 5.41) is 0.747. The van der Waals surface area contributed by atoms with Gasteiger partial charge in [0, 0.05) is 30.9 Å². The molecule has 0 fully saturated rings. The number of thioether (sulfide) groups is 1. The number of pyridine rings is 1. The van der Waals surface area contributed by atoms with Crippen molar-refractivity contribution in [1.82, 2.24) is 9.55 Å². The van der Waals surface area contributed by atoms with Crippen molar-refractivity contribution in [2.45, 2.75) is 11.4 Å². The number of halogens is 1. The van der Waals surface area contributed by atoms with Crippen LogP contribution in [0.4, 0.5) is 10.1 Å². The molecule has 0 saturated carbocycles. The third-order valence-corrected chi connectivity index (χ3v) is 6.68. The molecule has 0 saturated heterocycles. The van der Waals surface area contributed by atoms with Gasteiger partial charge < -0.3 is 4.90 Å². The third-order valence-electron chi connectivity index (χ3n) is 4.21. The van der Waals surface area contributed by atoms with Crippen molar-refractivity contribution >= 4 is 39.9 Å². The molecule has 3 heterocycles. The van der Waals surface area contributed by atoms with Crippen molar-refractivity contribution in [3.8, 4) is 0 Å². The molecule has 0 amide bonds. The van der Waals surface area contributed by atoms with Gasteiger partial charge in [-0.2, -0.15) is 0 Å². The number of allylic oxidation sites excluding steroid dienone is 1. The van der Waals surface area contributed by atoms with Crippen molar-refractivity contribution in [2.75, 3.05) is 11.9 Å². The Morgan fingerprint density at radius 3 is 2.74 bits per heavy atom. The summed E-state index contributed by atoms with van der Waals surface area (Å²) >= 11 is 2.83. The minimum absolute atomic E-state index is 0.0947. The Morgan fingerprint density at radius 2 is 2.04 bits per heavy atom. The van der Waals surface area contributed by atoms with Gasteiger partial charge in [-0.25, -0.2) is 4.39 Å². The summed E-state index contributed by atoms with van der Waals surface area (Å²) in [6, 6.07) is 8.76. The van der Waals surface area contributed by atoms with Gasteiger partial charge in [0.2, 0.25) is 0 Å². The maximum Gasteiger partial charge on any atom is 0.272 e. The lowest BCUT2D eigenvalue weighted by Crippen LogP contribution is -2.33. The van der Waals surface area contributed by atoms with Gasteiger partial charge in [0.05, 0.1) is 10.4 Å². The number of benzene rings is 1. The van der Waals surface area contributed by atoms with E-state index >= 15 is 0 Å². The van der Waals surface area contributed by atoms with Crippen LogP contribution in [0.15, 0.2) is 65.1 Å². The molecule has 2 aromatic heterocycles. The van der Waals surface area contributed by atoms with E-state index in [4.69, 9.17) is 0 Å². The minimum atomic E-state index is -0.288. The Hall–Kier alpha value is -2.64. The molecule has 27 heavy (non-hydrogen) atoms. The van der Waals surface area contributed by atoms with E-state index in [1.54, 1.807) is 41.1 Å². The maximum absolute atomic E-state index is 14.2. The molecular formula is C20H16FN3OS2. The average molecular weight is 398 g/mol. The van der Waals surface area contributed by atoms with Crippen LogP contribution in [0.3, 0.4) is 0 Å². The molecule has 0 radical (unpaired) electrons. The molecule has 0 bridgehead atoms. The summed E-state index contributed by atoms with van der Waals surface area (Å²) in [7, 11) is 1.79. The van der Waals surface area contributed by atoms with Gasteiger partial charge in [0.15, 0.2) is 0 Å². The lowest BCUT2D eigenvalue weighted by molar-refractivity contribution is 0.625. The van der Waals surface area contributed by atoms with Crippen LogP contribution < -0.4 is 19.7 Å². The van der Waals surface area contributed by atoms with E-state index in [1.165, 1.54) is 29.2 Å². The molecule has 0 aliphatic carbocycles. The van der Waals surface area contributed by atoms with Crippen molar-refractivity contribution in [3.63, 3.8) is 0 Å². The lowest BCUT2D eigenvalue weighted by Gasteiger charge is -2.12. The molecule has 0 unspecified atom stereocenters. The van der Waals surface area contributed by atoms with Crippen LogP contribution in [0.5, 0.6) is 0 Å². The van der Waals surface area contributed by atoms with E-state index in [0.717, 1.165) is 20.2 Å². The first kappa shape index (κ1) is 17.8. The SMILES string of the molecule is C=CCn1c(=Cc2ccncc2)sc(=C2Sc3cccc(F)c3N2C)c1=O. The van der Waals surface area contributed by atoms with Crippen molar-refractivity contribution in [2.24, 2.45) is 0 Å². The highest BCUT2D eigenvalue weighted by molar-refractivity contribution is 8.08. The third kappa shape index (κ3) is 3.13. The van der Waals surface area contributed by atoms with E-state index in [9.17, 15) is 9.18 Å². The van der Waals surface area contributed by atoms with E-state index < -0.39 is 0 Å². The fourth-order valence-electron chi connectivity index (χ4n) is 2.95. The summed E-state index contributed by atoms with van der Waals surface area (Å²) in [6.07, 6.45) is 7.08. The molecule has 0 N–H and O–H groups in total. The van der Waals surface area contributed by atoms with Crippen molar-refractivity contribution in [1.29, 1.82) is 0 Å². The molecule has 4 rings (SSSR count). The predicted octanol–water partition coefficient (Wildman–Crippen LogP) is 2.77. The number of nitrogens with zero attached hydrogens (tertiary/aromatic N) is 3. The molecule has 4 nitrogen and oxygen atoms in total. The van der Waals surface area contributed by atoms with E-state index in [1.807, 2.05) is 24.3 Å². The van der Waals surface area contributed by atoms with Crippen molar-refractivity contribution < 1.29 is 4.39 Å². The lowest BCUT2D eigenvalue weighted by atomic mass is 10.3. The summed E-state index contributed by atoms with van der Waals surface area (Å²) in [4.78, 5) is 19.7. The highest BCUT2D eigenvalue weighted by atomic mass is 32.2. The Labute approximate surface area is 163 Å². The van der Waals surface area contributed by atoms with Crippen LogP contribution in [0.1, 0.15) is 5.56 Å². The topological polar surface area (TPSA) is 38.1 Å². The number of hydrogen-bond acceptors (Lipinski definition) is 5. The average Bonchev–Trinajstić information content (AvgIpc) is 3.15. The molecule has 1 aromatic carbocycles. The Kier molecular flexibility index (Phi) is 4.72. The second-order valence-electron chi connectivity index (χ2n) is 5.95. The molecule has 1 aliphatic heterocycles. The number of hydrogen-bond donors (Lipinski definition) is 0. The van der Waals surface area contributed by atoms with Crippen molar-refractivity contribution in [3.05, 3.63) is 86.3 Å². The molecular weight excluding hydrogens is 381 g/mol. The molecule has 136 valence electrons. The minimum Gasteiger partial charge on any atom is -0.334 e. The molecule has 3 aromatic rings. The van der Waals surface area contributed by atoms with Gasteiger partial charge in [0.25, 0.3) is 5.56 Å². The Balaban J connectivity index is 1.96. The zero-order valence-electron chi connectivity index (χ0n) is 14.6. The normalized spacial score (nSPS) is 15.9. The monoisotopic (exact) mass is 397 g/mol. The van der Waals surface area contributed by atoms with Crippen LogP contribution in [0.2, 0.25) is 0 Å². The van der Waals surface area contributed by atoms with Gasteiger partial charge in [-0.3, -0.25) is 14.3 Å². The van der Waals surface area contributed by atoms with Gasteiger partial charge in [-0.15, -0.1) is 17.9 Å². The molecule has 1 aliphatic rings. The Bertz CT molecular complexity index is 1200. The van der Waals surface area contributed by atoms with E-state index in [2.05, 4.69) is 11.6 Å². The number of aromatic nitrogens is 2. The summed E-state index contributed by atoms with van der Waals surface area (Å²) < 4.78 is 17.4. The van der Waals surface area contributed by atoms with Crippen LogP contribution in [0, 0.1) is 5.82 Å². The zero-order chi connectivity index (χ0) is 19.0. The second-order valence-corrected chi connectivity index (χ2v) is 8.01. The summed E-state index contributed by atoms with van der Waals surface area (Å²) in [5.74, 6) is -0.288. The predicted molar refractivity (Wildman–Crippen MR) is 110 cm³/mol. The summed E-state index contributed by atoms with van der Waals surface area (Å²) in [6.45, 7) is 4.17. The van der Waals surface area contributed by atoms with Gasteiger partial charge in [-0.05, 0) is 35.9 Å². The largest absolute Gasteiger partial charge is 0.334 e. The van der Waals surface area contributed by atoms with Gasteiger partial charge in [0.1, 0.15) is 15.4 Å².